The minimum Gasteiger partial charge on any atom is -0.507 e. The van der Waals surface area contributed by atoms with Gasteiger partial charge in [-0.25, -0.2) is 4.79 Å². The van der Waals surface area contributed by atoms with Crippen molar-refractivity contribution in [1.29, 1.82) is 0 Å². The molecule has 0 unspecified atom stereocenters. The van der Waals surface area contributed by atoms with Gasteiger partial charge in [-0.15, -0.1) is 0 Å². The number of allylic oxidation sites excluding steroid dienone is 2. The monoisotopic (exact) mass is 234 g/mol. The second-order valence-electron chi connectivity index (χ2n) is 3.14. The quantitative estimate of drug-likeness (QED) is 0.375. The number of ether oxygens (including phenoxy) is 2. The van der Waals surface area contributed by atoms with Crippen LogP contribution in [-0.2, 0) is 14.3 Å². The van der Waals surface area contributed by atoms with Gasteiger partial charge in [-0.2, -0.15) is 0 Å². The number of hydrogen-bond acceptors (Lipinski definition) is 4. The summed E-state index contributed by atoms with van der Waals surface area (Å²) >= 11 is 0. The molecule has 1 aromatic rings. The topological polar surface area (TPSA) is 55.8 Å². The number of para-hydroxylation sites is 1. The number of phenolic OH excluding ortho intramolecular Hbond substituents is 1. The molecular weight excluding hydrogens is 220 g/mol. The zero-order valence-corrected chi connectivity index (χ0v) is 9.71. The van der Waals surface area contributed by atoms with E-state index in [9.17, 15) is 9.90 Å². The van der Waals surface area contributed by atoms with Gasteiger partial charge in [0.1, 0.15) is 5.75 Å². The summed E-state index contributed by atoms with van der Waals surface area (Å²) in [6.45, 7) is 0. The van der Waals surface area contributed by atoms with Crippen LogP contribution in [0.1, 0.15) is 5.56 Å². The molecule has 0 spiro atoms. The van der Waals surface area contributed by atoms with Crippen LogP contribution >= 0.6 is 0 Å². The van der Waals surface area contributed by atoms with Gasteiger partial charge in [-0.3, -0.25) is 0 Å². The second-order valence-corrected chi connectivity index (χ2v) is 3.14. The van der Waals surface area contributed by atoms with Crippen molar-refractivity contribution in [2.45, 2.75) is 0 Å². The lowest BCUT2D eigenvalue weighted by atomic mass is 10.2. The predicted octanol–water partition coefficient (Wildman–Crippen LogP) is 2.11. The third-order valence-corrected chi connectivity index (χ3v) is 2.07. The van der Waals surface area contributed by atoms with E-state index in [1.54, 1.807) is 36.4 Å². The van der Waals surface area contributed by atoms with E-state index in [0.29, 0.717) is 5.56 Å². The van der Waals surface area contributed by atoms with E-state index >= 15 is 0 Å². The van der Waals surface area contributed by atoms with Crippen molar-refractivity contribution in [3.63, 3.8) is 0 Å². The van der Waals surface area contributed by atoms with E-state index < -0.39 is 5.97 Å². The summed E-state index contributed by atoms with van der Waals surface area (Å²) in [5.41, 5.74) is 0.657. The number of aromatic hydroxyl groups is 1. The highest BCUT2D eigenvalue weighted by Gasteiger charge is 2.07. The Kier molecular flexibility index (Phi) is 4.81. The fourth-order valence-electron chi connectivity index (χ4n) is 1.19. The molecular formula is C13H14O4. The number of phenols is 1. The number of rotatable bonds is 4. The molecule has 17 heavy (non-hydrogen) atoms. The molecule has 0 bridgehead atoms. The van der Waals surface area contributed by atoms with Crippen molar-refractivity contribution in [1.82, 2.24) is 0 Å². The van der Waals surface area contributed by atoms with E-state index in [0.717, 1.165) is 0 Å². The summed E-state index contributed by atoms with van der Waals surface area (Å²) in [6, 6.07) is 6.88. The van der Waals surface area contributed by atoms with E-state index in [1.807, 2.05) is 0 Å². The standard InChI is InChI=1S/C13H14O4/c1-16-12(13(15)17-2)9-5-7-10-6-3-4-8-11(10)14/h3-9,14H,1-2H3. The van der Waals surface area contributed by atoms with E-state index in [4.69, 9.17) is 4.74 Å². The van der Waals surface area contributed by atoms with E-state index in [2.05, 4.69) is 4.74 Å². The molecule has 1 rings (SSSR count). The van der Waals surface area contributed by atoms with Gasteiger partial charge in [0.15, 0.2) is 0 Å². The Morgan fingerprint density at radius 3 is 2.53 bits per heavy atom. The fourth-order valence-corrected chi connectivity index (χ4v) is 1.19. The average Bonchev–Trinajstić information content (AvgIpc) is 2.36. The molecule has 0 saturated carbocycles. The van der Waals surface area contributed by atoms with Crippen LogP contribution in [0.5, 0.6) is 5.75 Å². The van der Waals surface area contributed by atoms with Crippen LogP contribution < -0.4 is 0 Å². The Hall–Kier alpha value is -2.23. The van der Waals surface area contributed by atoms with Crippen LogP contribution in [-0.4, -0.2) is 25.3 Å². The molecule has 4 heteroatoms. The summed E-state index contributed by atoms with van der Waals surface area (Å²) in [4.78, 5) is 11.2. The molecule has 0 saturated heterocycles. The zero-order chi connectivity index (χ0) is 12.7. The molecule has 4 nitrogen and oxygen atoms in total. The van der Waals surface area contributed by atoms with Crippen LogP contribution in [0.15, 0.2) is 42.2 Å². The summed E-state index contributed by atoms with van der Waals surface area (Å²) in [7, 11) is 2.67. The largest absolute Gasteiger partial charge is 0.507 e. The zero-order valence-electron chi connectivity index (χ0n) is 9.71. The Morgan fingerprint density at radius 1 is 1.24 bits per heavy atom. The van der Waals surface area contributed by atoms with Crippen molar-refractivity contribution in [3.8, 4) is 5.75 Å². The number of carbonyl (C=O) groups is 1. The third-order valence-electron chi connectivity index (χ3n) is 2.07. The number of esters is 1. The first kappa shape index (κ1) is 12.8. The lowest BCUT2D eigenvalue weighted by Gasteiger charge is -2.01. The second kappa shape index (κ2) is 6.37. The van der Waals surface area contributed by atoms with E-state index in [1.165, 1.54) is 20.3 Å². The molecule has 0 fully saturated rings. The van der Waals surface area contributed by atoms with Crippen LogP contribution in [0.4, 0.5) is 0 Å². The summed E-state index contributed by atoms with van der Waals surface area (Å²) in [5.74, 6) is -0.275. The summed E-state index contributed by atoms with van der Waals surface area (Å²) < 4.78 is 9.36. The molecule has 0 amide bonds. The van der Waals surface area contributed by atoms with Crippen LogP contribution in [0.25, 0.3) is 6.08 Å². The first-order chi connectivity index (χ1) is 8.19. The van der Waals surface area contributed by atoms with Gasteiger partial charge in [0, 0.05) is 5.56 Å². The first-order valence-corrected chi connectivity index (χ1v) is 4.97. The maximum absolute atomic E-state index is 11.2. The molecule has 1 aromatic carbocycles. The fraction of sp³-hybridized carbons (Fsp3) is 0.154. The molecule has 0 aromatic heterocycles. The smallest absolute Gasteiger partial charge is 0.373 e. The average molecular weight is 234 g/mol. The molecule has 0 aliphatic rings. The van der Waals surface area contributed by atoms with Gasteiger partial charge >= 0.3 is 5.97 Å². The predicted molar refractivity (Wildman–Crippen MR) is 64.2 cm³/mol. The molecule has 0 aliphatic carbocycles. The van der Waals surface area contributed by atoms with E-state index in [-0.39, 0.29) is 11.5 Å². The molecule has 0 aliphatic heterocycles. The van der Waals surface area contributed by atoms with Gasteiger partial charge < -0.3 is 14.6 Å². The Balaban J connectivity index is 2.81. The summed E-state index contributed by atoms with van der Waals surface area (Å²) in [6.07, 6.45) is 4.74. The maximum atomic E-state index is 11.2. The van der Waals surface area contributed by atoms with Crippen LogP contribution in [0.3, 0.4) is 0 Å². The third kappa shape index (κ3) is 3.68. The van der Waals surface area contributed by atoms with Gasteiger partial charge in [-0.05, 0) is 12.1 Å². The Morgan fingerprint density at radius 2 is 1.94 bits per heavy atom. The van der Waals surface area contributed by atoms with Gasteiger partial charge in [-0.1, -0.05) is 30.4 Å². The molecule has 0 heterocycles. The van der Waals surface area contributed by atoms with Gasteiger partial charge in [0.25, 0.3) is 0 Å². The minimum atomic E-state index is -0.547. The number of benzene rings is 1. The molecule has 0 radical (unpaired) electrons. The molecule has 90 valence electrons. The molecule has 0 atom stereocenters. The van der Waals surface area contributed by atoms with Gasteiger partial charge in [0.05, 0.1) is 14.2 Å². The van der Waals surface area contributed by atoms with Gasteiger partial charge in [0.2, 0.25) is 5.76 Å². The highest BCUT2D eigenvalue weighted by Crippen LogP contribution is 2.17. The van der Waals surface area contributed by atoms with Crippen LogP contribution in [0, 0.1) is 0 Å². The van der Waals surface area contributed by atoms with Crippen molar-refractivity contribution in [3.05, 3.63) is 47.7 Å². The first-order valence-electron chi connectivity index (χ1n) is 4.97. The highest BCUT2D eigenvalue weighted by atomic mass is 16.6. The van der Waals surface area contributed by atoms with Crippen molar-refractivity contribution in [2.75, 3.05) is 14.2 Å². The number of methoxy groups -OCH3 is 2. The van der Waals surface area contributed by atoms with Crippen molar-refractivity contribution >= 4 is 12.0 Å². The molecule has 1 N–H and O–H groups in total. The summed E-state index contributed by atoms with van der Waals surface area (Å²) in [5, 5.41) is 9.49. The lowest BCUT2D eigenvalue weighted by molar-refractivity contribution is -0.139. The maximum Gasteiger partial charge on any atom is 0.373 e. The Labute approximate surface area is 99.8 Å². The van der Waals surface area contributed by atoms with Crippen molar-refractivity contribution < 1.29 is 19.4 Å². The number of hydrogen-bond donors (Lipinski definition) is 1. The van der Waals surface area contributed by atoms with Crippen LogP contribution in [0.2, 0.25) is 0 Å². The lowest BCUT2D eigenvalue weighted by Crippen LogP contribution is -2.05. The SMILES string of the molecule is COC(=O)C(=CC=Cc1ccccc1O)OC. The van der Waals surface area contributed by atoms with Crippen molar-refractivity contribution in [2.24, 2.45) is 0 Å². The minimum absolute atomic E-state index is 0.0965. The highest BCUT2D eigenvalue weighted by molar-refractivity contribution is 5.86. The Bertz CT molecular complexity index is 446. The normalized spacial score (nSPS) is 11.5. The number of carbonyl (C=O) groups excluding carboxylic acids is 1.